The Morgan fingerprint density at radius 3 is 2.32 bits per heavy atom. The molecule has 0 saturated heterocycles. The maximum atomic E-state index is 13.3. The lowest BCUT2D eigenvalue weighted by molar-refractivity contribution is 0.414. The summed E-state index contributed by atoms with van der Waals surface area (Å²) in [6.07, 6.45) is 0.679. The van der Waals surface area contributed by atoms with Crippen molar-refractivity contribution in [3.63, 3.8) is 0 Å². The van der Waals surface area contributed by atoms with Crippen LogP contribution < -0.4 is 9.75 Å². The highest BCUT2D eigenvalue weighted by Gasteiger charge is 2.30. The summed E-state index contributed by atoms with van der Waals surface area (Å²) in [7, 11) is 1.64. The molecule has 1 aliphatic heterocycles. The molecule has 0 saturated carbocycles. The predicted octanol–water partition coefficient (Wildman–Crippen LogP) is 6.50. The van der Waals surface area contributed by atoms with Gasteiger partial charge in [-0.15, -0.1) is 0 Å². The molecule has 3 nitrogen and oxygen atoms in total. The van der Waals surface area contributed by atoms with Gasteiger partial charge in [-0.1, -0.05) is 47.5 Å². The highest BCUT2D eigenvalue weighted by atomic mass is 35.5. The smallest absolute Gasteiger partial charge is 0.123 e. The lowest BCUT2D eigenvalue weighted by atomic mass is 9.98. The molecule has 6 heteroatoms. The van der Waals surface area contributed by atoms with E-state index in [0.29, 0.717) is 16.5 Å². The second-order valence-corrected chi connectivity index (χ2v) is 7.30. The third-order valence-electron chi connectivity index (χ3n) is 4.76. The van der Waals surface area contributed by atoms with Crippen LogP contribution in [-0.2, 0) is 0 Å². The van der Waals surface area contributed by atoms with E-state index in [1.165, 1.54) is 12.1 Å². The summed E-state index contributed by atoms with van der Waals surface area (Å²) < 4.78 is 18.6. The van der Waals surface area contributed by atoms with Crippen molar-refractivity contribution < 1.29 is 9.13 Å². The first-order valence-electron chi connectivity index (χ1n) is 8.77. The summed E-state index contributed by atoms with van der Waals surface area (Å²) in [5.74, 6) is 0.526. The molecule has 1 aliphatic rings. The van der Waals surface area contributed by atoms with Gasteiger partial charge in [0.05, 0.1) is 34.6 Å². The predicted molar refractivity (Wildman–Crippen MR) is 112 cm³/mol. The van der Waals surface area contributed by atoms with E-state index in [1.807, 2.05) is 35.3 Å². The Bertz CT molecular complexity index is 1020. The summed E-state index contributed by atoms with van der Waals surface area (Å²) in [5, 5.41) is 7.72. The third-order valence-corrected chi connectivity index (χ3v) is 5.50. The number of ether oxygens (including phenoxy) is 1. The molecule has 0 N–H and O–H groups in total. The molecule has 1 unspecified atom stereocenters. The number of anilines is 1. The minimum Gasteiger partial charge on any atom is -0.497 e. The van der Waals surface area contributed by atoms with Crippen LogP contribution in [0.4, 0.5) is 10.1 Å². The van der Waals surface area contributed by atoms with Crippen LogP contribution in [0, 0.1) is 5.82 Å². The van der Waals surface area contributed by atoms with E-state index in [-0.39, 0.29) is 11.9 Å². The zero-order valence-corrected chi connectivity index (χ0v) is 16.6. The van der Waals surface area contributed by atoms with Crippen molar-refractivity contribution in [2.24, 2.45) is 5.10 Å². The fourth-order valence-electron chi connectivity index (χ4n) is 3.28. The molecular formula is C22H17Cl2FN2O. The first kappa shape index (κ1) is 18.8. The Hall–Kier alpha value is -2.56. The van der Waals surface area contributed by atoms with Gasteiger partial charge >= 0.3 is 0 Å². The van der Waals surface area contributed by atoms with Gasteiger partial charge in [0.2, 0.25) is 0 Å². The lowest BCUT2D eigenvalue weighted by Gasteiger charge is -2.24. The van der Waals surface area contributed by atoms with Crippen LogP contribution in [0.15, 0.2) is 71.8 Å². The van der Waals surface area contributed by atoms with Crippen molar-refractivity contribution in [2.45, 2.75) is 12.5 Å². The van der Waals surface area contributed by atoms with Gasteiger partial charge in [0.1, 0.15) is 11.6 Å². The normalized spacial score (nSPS) is 16.2. The van der Waals surface area contributed by atoms with Gasteiger partial charge < -0.3 is 4.74 Å². The minimum absolute atomic E-state index is 0.0248. The van der Waals surface area contributed by atoms with E-state index < -0.39 is 0 Å². The number of nitrogens with zero attached hydrogens (tertiary/aromatic N) is 2. The number of hydrazone groups is 1. The van der Waals surface area contributed by atoms with E-state index in [1.54, 1.807) is 31.4 Å². The molecular weight excluding hydrogens is 398 g/mol. The molecule has 1 atom stereocenters. The zero-order chi connectivity index (χ0) is 19.7. The maximum absolute atomic E-state index is 13.3. The van der Waals surface area contributed by atoms with Crippen molar-refractivity contribution in [3.8, 4) is 5.75 Å². The van der Waals surface area contributed by atoms with Crippen molar-refractivity contribution >= 4 is 34.6 Å². The molecule has 0 bridgehead atoms. The number of hydrogen-bond donors (Lipinski definition) is 0. The van der Waals surface area contributed by atoms with Gasteiger partial charge in [-0.25, -0.2) is 4.39 Å². The number of hydrogen-bond acceptors (Lipinski definition) is 3. The molecule has 0 spiro atoms. The standard InChI is InChI=1S/C22H17Cl2FN2O/c1-28-18-9-4-15(5-10-18)22-13-21(14-2-6-16(25)7-3-14)26-27(22)17-8-11-19(23)20(24)12-17/h2-12,22H,13H2,1H3. The van der Waals surface area contributed by atoms with Crippen LogP contribution in [-0.4, -0.2) is 12.8 Å². The van der Waals surface area contributed by atoms with Crippen LogP contribution in [0.2, 0.25) is 10.0 Å². The van der Waals surface area contributed by atoms with Gasteiger partial charge in [-0.2, -0.15) is 5.10 Å². The summed E-state index contributed by atoms with van der Waals surface area (Å²) in [5.41, 5.74) is 3.70. The lowest BCUT2D eigenvalue weighted by Crippen LogP contribution is -2.18. The molecule has 28 heavy (non-hydrogen) atoms. The van der Waals surface area contributed by atoms with E-state index in [4.69, 9.17) is 33.0 Å². The fraction of sp³-hybridized carbons (Fsp3) is 0.136. The Morgan fingerprint density at radius 1 is 0.964 bits per heavy atom. The highest BCUT2D eigenvalue weighted by molar-refractivity contribution is 6.42. The van der Waals surface area contributed by atoms with E-state index in [2.05, 4.69) is 0 Å². The first-order chi connectivity index (χ1) is 13.5. The molecule has 0 radical (unpaired) electrons. The van der Waals surface area contributed by atoms with Crippen LogP contribution >= 0.6 is 23.2 Å². The van der Waals surface area contributed by atoms with Gasteiger partial charge in [-0.3, -0.25) is 5.01 Å². The van der Waals surface area contributed by atoms with Crippen molar-refractivity contribution in [2.75, 3.05) is 12.1 Å². The number of rotatable bonds is 4. The van der Waals surface area contributed by atoms with Gasteiger partial charge in [0.15, 0.2) is 0 Å². The van der Waals surface area contributed by atoms with Gasteiger partial charge in [0, 0.05) is 6.42 Å². The van der Waals surface area contributed by atoms with E-state index >= 15 is 0 Å². The average Bonchev–Trinajstić information content (AvgIpc) is 3.16. The fourth-order valence-corrected chi connectivity index (χ4v) is 3.57. The summed E-state index contributed by atoms with van der Waals surface area (Å²) in [4.78, 5) is 0. The molecule has 0 amide bonds. The Morgan fingerprint density at radius 2 is 1.68 bits per heavy atom. The second-order valence-electron chi connectivity index (χ2n) is 6.49. The second kappa shape index (κ2) is 7.82. The van der Waals surface area contributed by atoms with Gasteiger partial charge in [0.25, 0.3) is 0 Å². The van der Waals surface area contributed by atoms with Crippen LogP contribution in [0.1, 0.15) is 23.6 Å². The van der Waals surface area contributed by atoms with E-state index in [0.717, 1.165) is 28.3 Å². The number of methoxy groups -OCH3 is 1. The Labute approximate surface area is 173 Å². The molecule has 0 aromatic heterocycles. The minimum atomic E-state index is -0.268. The summed E-state index contributed by atoms with van der Waals surface area (Å²) >= 11 is 12.3. The van der Waals surface area contributed by atoms with Crippen LogP contribution in [0.5, 0.6) is 5.75 Å². The zero-order valence-electron chi connectivity index (χ0n) is 15.1. The van der Waals surface area contributed by atoms with Crippen LogP contribution in [0.3, 0.4) is 0 Å². The van der Waals surface area contributed by atoms with Crippen molar-refractivity contribution in [1.82, 2.24) is 0 Å². The molecule has 0 aliphatic carbocycles. The monoisotopic (exact) mass is 414 g/mol. The third kappa shape index (κ3) is 3.71. The molecule has 4 rings (SSSR count). The van der Waals surface area contributed by atoms with Crippen molar-refractivity contribution in [3.05, 3.63) is 93.7 Å². The van der Waals surface area contributed by atoms with E-state index in [9.17, 15) is 4.39 Å². The summed E-state index contributed by atoms with van der Waals surface area (Å²) in [6.45, 7) is 0. The average molecular weight is 415 g/mol. The molecule has 142 valence electrons. The van der Waals surface area contributed by atoms with Crippen molar-refractivity contribution in [1.29, 1.82) is 0 Å². The topological polar surface area (TPSA) is 24.8 Å². The quantitative estimate of drug-likeness (QED) is 0.486. The Balaban J connectivity index is 1.74. The van der Waals surface area contributed by atoms with Crippen LogP contribution in [0.25, 0.3) is 0 Å². The highest BCUT2D eigenvalue weighted by Crippen LogP contribution is 2.39. The molecule has 3 aromatic carbocycles. The molecule has 0 fully saturated rings. The Kier molecular flexibility index (Phi) is 5.25. The summed E-state index contributed by atoms with van der Waals surface area (Å²) in [6, 6.07) is 19.7. The molecule has 3 aromatic rings. The number of halogens is 3. The SMILES string of the molecule is COc1ccc(C2CC(c3ccc(F)cc3)=NN2c2ccc(Cl)c(Cl)c2)cc1. The largest absolute Gasteiger partial charge is 0.497 e. The molecule has 1 heterocycles. The van der Waals surface area contributed by atoms with Gasteiger partial charge in [-0.05, 0) is 53.6 Å². The maximum Gasteiger partial charge on any atom is 0.123 e. The first-order valence-corrected chi connectivity index (χ1v) is 9.52. The number of benzene rings is 3.